The summed E-state index contributed by atoms with van der Waals surface area (Å²) in [4.78, 5) is 0. The molecule has 0 spiro atoms. The maximum atomic E-state index is 9.72. The van der Waals surface area contributed by atoms with Gasteiger partial charge in [0.25, 0.3) is 0 Å². The van der Waals surface area contributed by atoms with Crippen molar-refractivity contribution in [3.8, 4) is 22.5 Å². The van der Waals surface area contributed by atoms with E-state index in [0.29, 0.717) is 43.9 Å². The minimum absolute atomic E-state index is 0.136. The van der Waals surface area contributed by atoms with Crippen molar-refractivity contribution in [2.45, 2.75) is 19.3 Å². The topological polar surface area (TPSA) is 23.0 Å². The van der Waals surface area contributed by atoms with Gasteiger partial charge in [-0.15, -0.1) is 0 Å². The van der Waals surface area contributed by atoms with Gasteiger partial charge in [0.1, 0.15) is 5.58 Å². The first kappa shape index (κ1) is 18.3. The van der Waals surface area contributed by atoms with Crippen molar-refractivity contribution in [2.75, 3.05) is 0 Å². The van der Waals surface area contributed by atoms with Crippen LogP contribution < -0.4 is 0 Å². The zero-order valence-electron chi connectivity index (χ0n) is 35.9. The van der Waals surface area contributed by atoms with Crippen LogP contribution in [0.1, 0.15) is 38.7 Å². The summed E-state index contributed by atoms with van der Waals surface area (Å²) < 4.78 is 100. The van der Waals surface area contributed by atoms with Gasteiger partial charge in [-0.25, -0.2) is 0 Å². The molecule has 48 heavy (non-hydrogen) atoms. The molecule has 3 aromatic heterocycles. The number of nitrogens with zero attached hydrogens (tertiary/aromatic N) is 2. The van der Waals surface area contributed by atoms with Gasteiger partial charge in [0.05, 0.1) is 41.5 Å². The van der Waals surface area contributed by atoms with Gasteiger partial charge in [-0.3, -0.25) is 0 Å². The first-order valence-corrected chi connectivity index (χ1v) is 15.9. The second-order valence-electron chi connectivity index (χ2n) is 12.9. The summed E-state index contributed by atoms with van der Waals surface area (Å²) in [6.07, 6.45) is 0. The van der Waals surface area contributed by atoms with E-state index >= 15 is 0 Å². The maximum Gasteiger partial charge on any atom is 0.159 e. The van der Waals surface area contributed by atoms with Crippen LogP contribution in [-0.4, -0.2) is 9.13 Å². The van der Waals surface area contributed by atoms with Crippen molar-refractivity contribution in [1.82, 2.24) is 9.13 Å². The van der Waals surface area contributed by atoms with Crippen molar-refractivity contribution >= 4 is 65.6 Å². The SMILES string of the molecule is [2H]c1cc2c3c(c([2H])c([2H])c4c5ccccc5n(-c5c([2H])c([2H])c([2H])c([2H])c5[2H])c43)n(-c3cccc4c3oc3ccc5c(c34)C(C)(C)c3ccccc3-5)c2c([2H])c1[2H]. The Labute approximate surface area is 290 Å². The molecule has 3 heterocycles. The van der Waals surface area contributed by atoms with E-state index in [1.807, 2.05) is 36.4 Å². The number of aromatic nitrogens is 2. The summed E-state index contributed by atoms with van der Waals surface area (Å²) in [6.45, 7) is 4.41. The molecule has 1 aliphatic rings. The lowest BCUT2D eigenvalue weighted by Gasteiger charge is -2.22. The quantitative estimate of drug-likeness (QED) is 0.188. The molecule has 0 fully saturated rings. The van der Waals surface area contributed by atoms with Crippen molar-refractivity contribution in [1.29, 1.82) is 0 Å². The summed E-state index contributed by atoms with van der Waals surface area (Å²) in [5.41, 5.74) is 6.81. The highest BCUT2D eigenvalue weighted by Crippen LogP contribution is 2.53. The van der Waals surface area contributed by atoms with E-state index in [1.165, 1.54) is 11.6 Å². The fourth-order valence-electron chi connectivity index (χ4n) is 8.29. The van der Waals surface area contributed by atoms with E-state index in [1.54, 1.807) is 33.4 Å². The Morgan fingerprint density at radius 3 is 2.29 bits per heavy atom. The molecule has 0 amide bonds. The minimum atomic E-state index is -0.548. The molecule has 1 aliphatic carbocycles. The third kappa shape index (κ3) is 3.14. The fourth-order valence-corrected chi connectivity index (χ4v) is 8.29. The second-order valence-corrected chi connectivity index (χ2v) is 12.9. The number of para-hydroxylation sites is 4. The summed E-state index contributed by atoms with van der Waals surface area (Å²) in [6, 6.07) is 22.9. The Balaban J connectivity index is 1.37. The lowest BCUT2D eigenvalue weighted by Crippen LogP contribution is -2.15. The molecule has 11 rings (SSSR count). The molecule has 0 bridgehead atoms. The number of benzene rings is 7. The van der Waals surface area contributed by atoms with Gasteiger partial charge >= 0.3 is 0 Å². The molecule has 0 N–H and O–H groups in total. The molecule has 0 aliphatic heterocycles. The molecular weight excluding hydrogens is 585 g/mol. The third-order valence-electron chi connectivity index (χ3n) is 10.2. The molecular formula is C45H30N2O. The van der Waals surface area contributed by atoms with Gasteiger partial charge in [-0.2, -0.15) is 0 Å². The number of hydrogen-bond donors (Lipinski definition) is 0. The lowest BCUT2D eigenvalue weighted by molar-refractivity contribution is 0.656. The molecule has 3 nitrogen and oxygen atoms in total. The first-order chi connectivity index (χ1) is 27.7. The van der Waals surface area contributed by atoms with Crippen LogP contribution in [0, 0.1) is 0 Å². The van der Waals surface area contributed by atoms with Crippen LogP contribution in [0.3, 0.4) is 0 Å². The van der Waals surface area contributed by atoms with Crippen LogP contribution >= 0.6 is 0 Å². The normalized spacial score (nSPS) is 16.7. The highest BCUT2D eigenvalue weighted by molar-refractivity contribution is 6.26. The Hall–Kier alpha value is -6.06. The molecule has 0 saturated carbocycles. The third-order valence-corrected chi connectivity index (χ3v) is 10.2. The van der Waals surface area contributed by atoms with Crippen LogP contribution in [0.15, 0.2) is 150 Å². The Kier molecular flexibility index (Phi) is 3.46. The smallest absolute Gasteiger partial charge is 0.159 e. The molecule has 0 unspecified atom stereocenters. The Morgan fingerprint density at radius 1 is 0.562 bits per heavy atom. The Bertz CT molecular complexity index is 3530. The highest BCUT2D eigenvalue weighted by Gasteiger charge is 2.38. The van der Waals surface area contributed by atoms with Gasteiger partial charge in [-0.1, -0.05) is 117 Å². The van der Waals surface area contributed by atoms with Crippen molar-refractivity contribution < 1.29 is 18.1 Å². The average molecular weight is 625 g/mol. The molecule has 7 aromatic carbocycles. The van der Waals surface area contributed by atoms with Crippen LogP contribution in [0.4, 0.5) is 0 Å². The Morgan fingerprint density at radius 2 is 1.38 bits per heavy atom. The molecule has 0 atom stereocenters. The lowest BCUT2D eigenvalue weighted by atomic mass is 9.80. The average Bonchev–Trinajstić information content (AvgIpc) is 3.93. The molecule has 0 radical (unpaired) electrons. The maximum absolute atomic E-state index is 9.72. The van der Waals surface area contributed by atoms with Crippen molar-refractivity contribution in [2.24, 2.45) is 0 Å². The van der Waals surface area contributed by atoms with E-state index in [2.05, 4.69) is 32.0 Å². The minimum Gasteiger partial charge on any atom is -0.454 e. The summed E-state index contributed by atoms with van der Waals surface area (Å²) in [5, 5.41) is 3.25. The summed E-state index contributed by atoms with van der Waals surface area (Å²) >= 11 is 0. The van der Waals surface area contributed by atoms with Gasteiger partial charge in [0, 0.05) is 43.4 Å². The molecule has 0 saturated heterocycles. The van der Waals surface area contributed by atoms with Crippen molar-refractivity contribution in [3.05, 3.63) is 156 Å². The summed E-state index contributed by atoms with van der Waals surface area (Å²) in [5.74, 6) is 0. The standard InChI is InChI=1S/C45H30N2O/c1-45(2)34-19-9-6-15-28(34)30-24-26-39-41(42(30)45)33-18-12-22-38(44(33)48-39)47-36-21-11-8-17-32(36)40-37(47)25-23-31-29-16-7-10-20-35(29)46(43(31)40)27-13-4-3-5-14-27/h3-26H,1-2H3/i3D,4D,5D,8D,11D,13D,14D,21D,23D,25D. The predicted octanol–water partition coefficient (Wildman–Crippen LogP) is 12.1. The highest BCUT2D eigenvalue weighted by atomic mass is 16.3. The number of hydrogen-bond acceptors (Lipinski definition) is 1. The van der Waals surface area contributed by atoms with Gasteiger partial charge < -0.3 is 13.6 Å². The fraction of sp³-hybridized carbons (Fsp3) is 0.0667. The van der Waals surface area contributed by atoms with Crippen LogP contribution in [0.2, 0.25) is 0 Å². The number of rotatable bonds is 2. The van der Waals surface area contributed by atoms with Gasteiger partial charge in [0.15, 0.2) is 5.58 Å². The van der Waals surface area contributed by atoms with E-state index in [-0.39, 0.29) is 57.9 Å². The number of fused-ring (bicyclic) bond motifs is 14. The van der Waals surface area contributed by atoms with Crippen LogP contribution in [-0.2, 0) is 5.41 Å². The molecule has 226 valence electrons. The monoisotopic (exact) mass is 624 g/mol. The zero-order chi connectivity index (χ0) is 40.4. The van der Waals surface area contributed by atoms with Crippen LogP contribution in [0.5, 0.6) is 0 Å². The van der Waals surface area contributed by atoms with Gasteiger partial charge in [-0.05, 0) is 64.6 Å². The van der Waals surface area contributed by atoms with E-state index in [9.17, 15) is 4.11 Å². The van der Waals surface area contributed by atoms with E-state index in [4.69, 9.17) is 14.0 Å². The second kappa shape index (κ2) is 9.05. The van der Waals surface area contributed by atoms with Crippen LogP contribution in [0.25, 0.3) is 88.1 Å². The van der Waals surface area contributed by atoms with E-state index in [0.717, 1.165) is 27.5 Å². The summed E-state index contributed by atoms with van der Waals surface area (Å²) in [7, 11) is 0. The molecule has 3 heteroatoms. The van der Waals surface area contributed by atoms with E-state index < -0.39 is 30.2 Å². The predicted molar refractivity (Wildman–Crippen MR) is 200 cm³/mol. The number of furan rings is 1. The molecule has 10 aromatic rings. The van der Waals surface area contributed by atoms with Gasteiger partial charge in [0.2, 0.25) is 0 Å². The van der Waals surface area contributed by atoms with Crippen molar-refractivity contribution in [3.63, 3.8) is 0 Å². The zero-order valence-corrected chi connectivity index (χ0v) is 25.9. The first-order valence-electron chi connectivity index (χ1n) is 20.9. The largest absolute Gasteiger partial charge is 0.454 e.